The van der Waals surface area contributed by atoms with Gasteiger partial charge in [-0.05, 0) is 66.9 Å². The van der Waals surface area contributed by atoms with Crippen LogP contribution in [0.2, 0.25) is 5.02 Å². The highest BCUT2D eigenvalue weighted by molar-refractivity contribution is 7.92. The number of alkyl halides is 3. The van der Waals surface area contributed by atoms with Gasteiger partial charge in [-0.1, -0.05) is 23.7 Å². The number of carbonyl (C=O) groups excluding carboxylic acids is 1. The smallest absolute Gasteiger partial charge is 0.409 e. The van der Waals surface area contributed by atoms with Crippen LogP contribution in [-0.4, -0.2) is 61.0 Å². The number of hydrogen-bond donors (Lipinski definition) is 1. The monoisotopic (exact) mass is 595 g/mol. The number of nitrogens with zero attached hydrogens (tertiary/aromatic N) is 2. The number of sulfone groups is 1. The van der Waals surface area contributed by atoms with E-state index < -0.39 is 26.2 Å². The van der Waals surface area contributed by atoms with Crippen molar-refractivity contribution < 1.29 is 31.1 Å². The van der Waals surface area contributed by atoms with Gasteiger partial charge in [-0.3, -0.25) is 9.69 Å². The summed E-state index contributed by atoms with van der Waals surface area (Å²) < 4.78 is 71.5. The summed E-state index contributed by atoms with van der Waals surface area (Å²) in [6.45, 7) is 5.22. The minimum Gasteiger partial charge on any atom is -0.484 e. The molecule has 4 rings (SSSR count). The van der Waals surface area contributed by atoms with Gasteiger partial charge in [0.1, 0.15) is 5.75 Å². The van der Waals surface area contributed by atoms with E-state index in [9.17, 15) is 26.4 Å². The topological polar surface area (TPSA) is 80.6 Å². The zero-order valence-corrected chi connectivity index (χ0v) is 23.1. The standard InChI is InChI=1S/C28H29ClF3N3O4S/c1-2-26(28(30,31)32)40(37,38)25-8-6-23(7-9-25)35-15-10-20(18-35)17-34-13-11-22(12-14-34)33-27(36)19-39-24-5-3-4-21(29)16-24/h2-10,15-16,18,22,26H,1,11-14,17,19H2,(H,33,36). The summed E-state index contributed by atoms with van der Waals surface area (Å²) in [5, 5.41) is 0.884. The molecule has 3 aromatic rings. The van der Waals surface area contributed by atoms with Crippen LogP contribution in [0.1, 0.15) is 18.4 Å². The van der Waals surface area contributed by atoms with E-state index >= 15 is 0 Å². The average Bonchev–Trinajstić information content (AvgIpc) is 3.37. The lowest BCUT2D eigenvalue weighted by molar-refractivity contribution is -0.124. The van der Waals surface area contributed by atoms with Crippen molar-refractivity contribution in [3.05, 3.63) is 90.2 Å². The quantitative estimate of drug-likeness (QED) is 0.327. The Morgan fingerprint density at radius 1 is 1.15 bits per heavy atom. The van der Waals surface area contributed by atoms with Gasteiger partial charge >= 0.3 is 6.18 Å². The lowest BCUT2D eigenvalue weighted by Crippen LogP contribution is -2.45. The molecule has 0 aliphatic carbocycles. The third-order valence-electron chi connectivity index (χ3n) is 6.61. The highest BCUT2D eigenvalue weighted by Gasteiger charge is 2.47. The van der Waals surface area contributed by atoms with Gasteiger partial charge in [0, 0.05) is 48.8 Å². The first-order valence-electron chi connectivity index (χ1n) is 12.6. The Morgan fingerprint density at radius 2 is 1.85 bits per heavy atom. The molecule has 2 aromatic carbocycles. The number of carbonyl (C=O) groups is 1. The predicted molar refractivity (Wildman–Crippen MR) is 146 cm³/mol. The molecule has 40 heavy (non-hydrogen) atoms. The zero-order chi connectivity index (χ0) is 28.9. The number of nitrogens with one attached hydrogen (secondary N) is 1. The summed E-state index contributed by atoms with van der Waals surface area (Å²) in [5.41, 5.74) is 1.65. The number of aromatic nitrogens is 1. The molecule has 0 spiro atoms. The second kappa shape index (κ2) is 12.5. The van der Waals surface area contributed by atoms with Gasteiger partial charge in [0.05, 0.1) is 4.90 Å². The first kappa shape index (κ1) is 29.7. The largest absolute Gasteiger partial charge is 0.484 e. The van der Waals surface area contributed by atoms with E-state index in [1.165, 1.54) is 24.3 Å². The molecule has 1 amide bonds. The van der Waals surface area contributed by atoms with Crippen LogP contribution in [0.3, 0.4) is 0 Å². The maximum atomic E-state index is 13.1. The molecule has 1 saturated heterocycles. The van der Waals surface area contributed by atoms with Crippen molar-refractivity contribution in [3.63, 3.8) is 0 Å². The summed E-state index contributed by atoms with van der Waals surface area (Å²) in [6.07, 6.45) is 0.753. The van der Waals surface area contributed by atoms with Crippen molar-refractivity contribution in [3.8, 4) is 11.4 Å². The molecule has 1 aliphatic rings. The van der Waals surface area contributed by atoms with Crippen molar-refractivity contribution in [1.82, 2.24) is 14.8 Å². The van der Waals surface area contributed by atoms with Crippen LogP contribution in [0.25, 0.3) is 5.69 Å². The highest BCUT2D eigenvalue weighted by Crippen LogP contribution is 2.31. The number of piperidine rings is 1. The van der Waals surface area contributed by atoms with Crippen molar-refractivity contribution in [1.29, 1.82) is 0 Å². The summed E-state index contributed by atoms with van der Waals surface area (Å²) in [4.78, 5) is 14.1. The molecule has 0 saturated carbocycles. The Morgan fingerprint density at radius 3 is 2.48 bits per heavy atom. The number of halogens is 4. The maximum absolute atomic E-state index is 13.1. The second-order valence-corrected chi connectivity index (χ2v) is 12.0. The predicted octanol–water partition coefficient (Wildman–Crippen LogP) is 5.18. The Kier molecular flexibility index (Phi) is 9.27. The SMILES string of the molecule is C=CC(C(F)(F)F)S(=O)(=O)c1ccc(-n2ccc(CN3CCC(NC(=O)COc4cccc(Cl)c4)CC3)c2)cc1. The minimum absolute atomic E-state index is 0.0594. The van der Waals surface area contributed by atoms with Crippen LogP contribution < -0.4 is 10.1 Å². The fourth-order valence-electron chi connectivity index (χ4n) is 4.55. The minimum atomic E-state index is -4.94. The van der Waals surface area contributed by atoms with Gasteiger partial charge in [-0.25, -0.2) is 8.42 Å². The van der Waals surface area contributed by atoms with Gasteiger partial charge in [-0.2, -0.15) is 13.2 Å². The molecule has 1 atom stereocenters. The van der Waals surface area contributed by atoms with Gasteiger partial charge in [0.25, 0.3) is 5.91 Å². The average molecular weight is 596 g/mol. The van der Waals surface area contributed by atoms with Crippen molar-refractivity contribution in [2.45, 2.75) is 41.7 Å². The molecule has 2 heterocycles. The first-order chi connectivity index (χ1) is 19.0. The van der Waals surface area contributed by atoms with Crippen LogP contribution >= 0.6 is 11.6 Å². The fraction of sp³-hybridized carbons (Fsp3) is 0.321. The van der Waals surface area contributed by atoms with E-state index in [0.29, 0.717) is 29.1 Å². The van der Waals surface area contributed by atoms with E-state index in [0.717, 1.165) is 31.5 Å². The number of likely N-dealkylation sites (tertiary alicyclic amines) is 1. The molecule has 1 unspecified atom stereocenters. The number of amides is 1. The van der Waals surface area contributed by atoms with E-state index in [-0.39, 0.29) is 18.6 Å². The van der Waals surface area contributed by atoms with Crippen LogP contribution in [0.5, 0.6) is 5.75 Å². The Bertz CT molecular complexity index is 1430. The molecule has 12 heteroatoms. The highest BCUT2D eigenvalue weighted by atomic mass is 35.5. The lowest BCUT2D eigenvalue weighted by atomic mass is 10.0. The van der Waals surface area contributed by atoms with Crippen molar-refractivity contribution in [2.24, 2.45) is 0 Å². The molecule has 214 valence electrons. The summed E-state index contributed by atoms with van der Waals surface area (Å²) in [6, 6.07) is 14.1. The Balaban J connectivity index is 1.26. The molecule has 7 nitrogen and oxygen atoms in total. The van der Waals surface area contributed by atoms with Gasteiger partial charge in [0.15, 0.2) is 21.7 Å². The second-order valence-electron chi connectivity index (χ2n) is 9.53. The molecular formula is C28H29ClF3N3O4S. The number of hydrogen-bond acceptors (Lipinski definition) is 5. The molecule has 1 N–H and O–H groups in total. The van der Waals surface area contributed by atoms with E-state index in [1.54, 1.807) is 28.8 Å². The summed E-state index contributed by atoms with van der Waals surface area (Å²) in [7, 11) is -4.65. The summed E-state index contributed by atoms with van der Waals surface area (Å²) in [5.74, 6) is 0.348. The first-order valence-corrected chi connectivity index (χ1v) is 14.5. The van der Waals surface area contributed by atoms with Crippen LogP contribution in [0.15, 0.2) is 84.5 Å². The van der Waals surface area contributed by atoms with E-state index in [4.69, 9.17) is 16.3 Å². The normalized spacial score (nSPS) is 15.9. The summed E-state index contributed by atoms with van der Waals surface area (Å²) >= 11 is 5.93. The molecular weight excluding hydrogens is 567 g/mol. The lowest BCUT2D eigenvalue weighted by Gasteiger charge is -2.32. The fourth-order valence-corrected chi connectivity index (χ4v) is 6.15. The van der Waals surface area contributed by atoms with Crippen molar-refractivity contribution in [2.75, 3.05) is 19.7 Å². The van der Waals surface area contributed by atoms with Crippen LogP contribution in [0, 0.1) is 0 Å². The zero-order valence-electron chi connectivity index (χ0n) is 21.5. The van der Waals surface area contributed by atoms with E-state index in [1.807, 2.05) is 18.5 Å². The number of rotatable bonds is 10. The third kappa shape index (κ3) is 7.47. The third-order valence-corrected chi connectivity index (χ3v) is 8.91. The Labute approximate surface area is 236 Å². The maximum Gasteiger partial charge on any atom is 0.409 e. The van der Waals surface area contributed by atoms with Crippen LogP contribution in [-0.2, 0) is 21.2 Å². The number of benzene rings is 2. The molecule has 1 aliphatic heterocycles. The van der Waals surface area contributed by atoms with Gasteiger partial charge < -0.3 is 14.6 Å². The van der Waals surface area contributed by atoms with Gasteiger partial charge in [-0.15, -0.1) is 6.58 Å². The Hall–Kier alpha value is -3.28. The number of ether oxygens (including phenoxy) is 1. The van der Waals surface area contributed by atoms with Crippen molar-refractivity contribution >= 4 is 27.3 Å². The molecule has 0 radical (unpaired) electrons. The van der Waals surface area contributed by atoms with Gasteiger partial charge in [0.2, 0.25) is 0 Å². The van der Waals surface area contributed by atoms with Crippen LogP contribution in [0.4, 0.5) is 13.2 Å². The molecule has 1 aromatic heterocycles. The molecule has 0 bridgehead atoms. The van der Waals surface area contributed by atoms with E-state index in [2.05, 4.69) is 16.8 Å². The molecule has 1 fully saturated rings.